The third-order valence-electron chi connectivity index (χ3n) is 4.37. The van der Waals surface area contributed by atoms with Gasteiger partial charge in [0.25, 0.3) is 0 Å². The number of hydrogen-bond acceptors (Lipinski definition) is 3. The van der Waals surface area contributed by atoms with Gasteiger partial charge in [0.15, 0.2) is 8.32 Å². The quantitative estimate of drug-likeness (QED) is 0.659. The summed E-state index contributed by atoms with van der Waals surface area (Å²) in [6.45, 7) is 19.6. The van der Waals surface area contributed by atoms with Crippen LogP contribution in [0.2, 0.25) is 19.1 Å². The van der Waals surface area contributed by atoms with Crippen molar-refractivity contribution in [2.75, 3.05) is 6.61 Å². The molecule has 1 rings (SSSR count). The molecule has 0 amide bonds. The topological polar surface area (TPSA) is 27.7 Å². The van der Waals surface area contributed by atoms with Gasteiger partial charge in [-0.15, -0.1) is 6.58 Å². The minimum Gasteiger partial charge on any atom is -0.414 e. The monoisotopic (exact) mass is 298 g/mol. The highest BCUT2D eigenvalue weighted by atomic mass is 28.4. The third kappa shape index (κ3) is 4.45. The van der Waals surface area contributed by atoms with E-state index in [1.807, 2.05) is 0 Å². The summed E-state index contributed by atoms with van der Waals surface area (Å²) in [6.07, 6.45) is 2.46. The molecule has 3 nitrogen and oxygen atoms in total. The maximum Gasteiger partial charge on any atom is 0.492 e. The van der Waals surface area contributed by atoms with Gasteiger partial charge in [0.05, 0.1) is 17.8 Å². The largest absolute Gasteiger partial charge is 0.492 e. The van der Waals surface area contributed by atoms with Gasteiger partial charge in [-0.2, -0.15) is 0 Å². The average molecular weight is 298 g/mol. The van der Waals surface area contributed by atoms with Crippen LogP contribution in [0.3, 0.4) is 0 Å². The Morgan fingerprint density at radius 2 is 1.65 bits per heavy atom. The Balaban J connectivity index is 2.49. The molecule has 20 heavy (non-hydrogen) atoms. The Morgan fingerprint density at radius 1 is 1.15 bits per heavy atom. The summed E-state index contributed by atoms with van der Waals surface area (Å²) >= 11 is 0. The lowest BCUT2D eigenvalue weighted by Crippen LogP contribution is -2.41. The predicted octanol–water partition coefficient (Wildman–Crippen LogP) is 4.20. The van der Waals surface area contributed by atoms with E-state index < -0.39 is 8.32 Å². The van der Waals surface area contributed by atoms with Gasteiger partial charge in [0.2, 0.25) is 0 Å². The second kappa shape index (κ2) is 6.34. The van der Waals surface area contributed by atoms with E-state index in [4.69, 9.17) is 13.7 Å². The van der Waals surface area contributed by atoms with E-state index in [0.717, 1.165) is 5.47 Å². The van der Waals surface area contributed by atoms with E-state index in [0.29, 0.717) is 6.61 Å². The maximum atomic E-state index is 6.12. The zero-order valence-corrected chi connectivity index (χ0v) is 15.3. The van der Waals surface area contributed by atoms with Crippen molar-refractivity contribution in [1.82, 2.24) is 0 Å². The SMILES string of the molecule is C=C(CO[Si](C)(C)CCCC)B1OC(C)(C)C(C)(C)O1. The maximum absolute atomic E-state index is 6.12. The highest BCUT2D eigenvalue weighted by molar-refractivity contribution is 6.71. The first-order valence-electron chi connectivity index (χ1n) is 7.68. The van der Waals surface area contributed by atoms with Crippen molar-refractivity contribution in [2.45, 2.75) is 77.8 Å². The van der Waals surface area contributed by atoms with Crippen LogP contribution < -0.4 is 0 Å². The molecule has 0 radical (unpaired) electrons. The van der Waals surface area contributed by atoms with Crippen LogP contribution in [0.15, 0.2) is 12.1 Å². The molecule has 1 fully saturated rings. The van der Waals surface area contributed by atoms with Gasteiger partial charge in [0, 0.05) is 0 Å². The molecule has 0 spiro atoms. The normalized spacial score (nSPS) is 21.2. The van der Waals surface area contributed by atoms with Crippen LogP contribution in [-0.2, 0) is 13.7 Å². The Morgan fingerprint density at radius 3 is 2.10 bits per heavy atom. The Kier molecular flexibility index (Phi) is 5.69. The third-order valence-corrected chi connectivity index (χ3v) is 6.85. The summed E-state index contributed by atoms with van der Waals surface area (Å²) in [4.78, 5) is 0. The zero-order chi connectivity index (χ0) is 15.6. The van der Waals surface area contributed by atoms with Gasteiger partial charge < -0.3 is 13.7 Å². The van der Waals surface area contributed by atoms with Gasteiger partial charge >= 0.3 is 7.12 Å². The molecule has 1 aliphatic rings. The molecular formula is C15H31BO3Si. The summed E-state index contributed by atoms with van der Waals surface area (Å²) < 4.78 is 18.1. The second-order valence-corrected chi connectivity index (χ2v) is 11.7. The molecule has 1 saturated heterocycles. The molecule has 0 aromatic heterocycles. The molecule has 1 aliphatic heterocycles. The van der Waals surface area contributed by atoms with Crippen molar-refractivity contribution in [3.05, 3.63) is 12.1 Å². The smallest absolute Gasteiger partial charge is 0.414 e. The van der Waals surface area contributed by atoms with Crippen molar-refractivity contribution < 1.29 is 13.7 Å². The number of rotatable bonds is 7. The molecule has 0 saturated carbocycles. The van der Waals surface area contributed by atoms with Crippen LogP contribution in [0.5, 0.6) is 0 Å². The lowest BCUT2D eigenvalue weighted by molar-refractivity contribution is 0.00578. The molecule has 0 bridgehead atoms. The predicted molar refractivity (Wildman–Crippen MR) is 88.4 cm³/mol. The first-order chi connectivity index (χ1) is 9.01. The van der Waals surface area contributed by atoms with E-state index >= 15 is 0 Å². The van der Waals surface area contributed by atoms with E-state index in [1.165, 1.54) is 18.9 Å². The summed E-state index contributed by atoms with van der Waals surface area (Å²) in [5.41, 5.74) is 0.270. The minimum atomic E-state index is -1.58. The summed E-state index contributed by atoms with van der Waals surface area (Å²) in [5.74, 6) is 0. The fourth-order valence-corrected chi connectivity index (χ4v) is 3.97. The van der Waals surface area contributed by atoms with Crippen LogP contribution in [0.25, 0.3) is 0 Å². The highest BCUT2D eigenvalue weighted by Crippen LogP contribution is 2.38. The van der Waals surface area contributed by atoms with Crippen molar-refractivity contribution in [2.24, 2.45) is 0 Å². The Bertz CT molecular complexity index is 337. The number of unbranched alkanes of at least 4 members (excludes halogenated alkanes) is 1. The first-order valence-corrected chi connectivity index (χ1v) is 10.8. The van der Waals surface area contributed by atoms with Gasteiger partial charge in [-0.05, 0) is 52.3 Å². The Labute approximate surface area is 126 Å². The fourth-order valence-electron chi connectivity index (χ4n) is 2.04. The molecule has 1 heterocycles. The molecule has 0 aliphatic carbocycles. The van der Waals surface area contributed by atoms with Gasteiger partial charge in [-0.1, -0.05) is 19.8 Å². The molecule has 0 unspecified atom stereocenters. The second-order valence-electron chi connectivity index (χ2n) is 7.40. The van der Waals surface area contributed by atoms with Crippen LogP contribution in [0.4, 0.5) is 0 Å². The summed E-state index contributed by atoms with van der Waals surface area (Å²) in [7, 11) is -1.93. The average Bonchev–Trinajstić information content (AvgIpc) is 2.53. The Hall–Kier alpha value is -0.0982. The molecule has 0 N–H and O–H groups in total. The highest BCUT2D eigenvalue weighted by Gasteiger charge is 2.52. The van der Waals surface area contributed by atoms with Crippen LogP contribution in [0, 0.1) is 0 Å². The van der Waals surface area contributed by atoms with Crippen molar-refractivity contribution in [3.8, 4) is 0 Å². The van der Waals surface area contributed by atoms with E-state index in [1.54, 1.807) is 0 Å². The molecule has 0 atom stereocenters. The van der Waals surface area contributed by atoms with Gasteiger partial charge in [-0.3, -0.25) is 0 Å². The lowest BCUT2D eigenvalue weighted by atomic mass is 9.80. The fraction of sp³-hybridized carbons (Fsp3) is 0.867. The van der Waals surface area contributed by atoms with Crippen LogP contribution in [0.1, 0.15) is 47.5 Å². The van der Waals surface area contributed by atoms with Crippen molar-refractivity contribution >= 4 is 15.4 Å². The van der Waals surface area contributed by atoms with E-state index in [-0.39, 0.29) is 18.3 Å². The van der Waals surface area contributed by atoms with Crippen LogP contribution in [-0.4, -0.2) is 33.2 Å². The zero-order valence-electron chi connectivity index (χ0n) is 14.3. The standard InChI is InChI=1S/C15H31BO3Si/c1-9-10-11-20(7,8)17-12-13(2)16-18-14(3,4)15(5,6)19-16/h2,9-12H2,1,3-8H3. The number of hydrogen-bond donors (Lipinski definition) is 0. The van der Waals surface area contributed by atoms with E-state index in [2.05, 4.69) is 54.3 Å². The molecule has 5 heteroatoms. The lowest BCUT2D eigenvalue weighted by Gasteiger charge is -2.32. The molecule has 116 valence electrons. The summed E-state index contributed by atoms with van der Waals surface area (Å²) in [5, 5.41) is 0. The molecule has 0 aromatic rings. The molecular weight excluding hydrogens is 267 g/mol. The van der Waals surface area contributed by atoms with E-state index in [9.17, 15) is 0 Å². The first kappa shape index (κ1) is 18.0. The van der Waals surface area contributed by atoms with Gasteiger partial charge in [-0.25, -0.2) is 0 Å². The van der Waals surface area contributed by atoms with Gasteiger partial charge in [0.1, 0.15) is 0 Å². The van der Waals surface area contributed by atoms with Crippen LogP contribution >= 0.6 is 0 Å². The van der Waals surface area contributed by atoms with Crippen molar-refractivity contribution in [3.63, 3.8) is 0 Å². The minimum absolute atomic E-state index is 0.310. The molecule has 0 aromatic carbocycles. The summed E-state index contributed by atoms with van der Waals surface area (Å²) in [6, 6.07) is 1.19. The van der Waals surface area contributed by atoms with Crippen molar-refractivity contribution in [1.29, 1.82) is 0 Å².